The quantitative estimate of drug-likeness (QED) is 0.130. The third-order valence-corrected chi connectivity index (χ3v) is 4.50. The van der Waals surface area contributed by atoms with E-state index in [1.807, 2.05) is 0 Å². The lowest BCUT2D eigenvalue weighted by Crippen LogP contribution is -2.40. The Labute approximate surface area is 164 Å². The van der Waals surface area contributed by atoms with Crippen LogP contribution in [0.2, 0.25) is 0 Å². The minimum Gasteiger partial charge on any atom is -0.710 e. The van der Waals surface area contributed by atoms with Gasteiger partial charge >= 0.3 is 17.6 Å². The van der Waals surface area contributed by atoms with Gasteiger partial charge in [0, 0.05) is 12.1 Å². The van der Waals surface area contributed by atoms with Crippen LogP contribution in [0.5, 0.6) is 0 Å². The Hall–Kier alpha value is -4.33. The molecule has 0 fully saturated rings. The van der Waals surface area contributed by atoms with Crippen molar-refractivity contribution in [3.63, 3.8) is 0 Å². The van der Waals surface area contributed by atoms with Gasteiger partial charge in [-0.25, -0.2) is 14.3 Å². The van der Waals surface area contributed by atoms with Crippen molar-refractivity contribution in [2.24, 2.45) is 0 Å². The molecule has 29 heavy (non-hydrogen) atoms. The number of rotatable bonds is 3. The molecular formula is C21H13N3O5. The van der Waals surface area contributed by atoms with Gasteiger partial charge in [0.25, 0.3) is 5.69 Å². The predicted molar refractivity (Wildman–Crippen MR) is 104 cm³/mol. The summed E-state index contributed by atoms with van der Waals surface area (Å²) >= 11 is 0. The zero-order chi connectivity index (χ0) is 20.5. The van der Waals surface area contributed by atoms with E-state index in [-0.39, 0.29) is 33.9 Å². The average Bonchev–Trinajstić information content (AvgIpc) is 3.00. The number of carbonyl (C=O) groups is 2. The van der Waals surface area contributed by atoms with Crippen LogP contribution in [0.1, 0.15) is 26.3 Å². The van der Waals surface area contributed by atoms with E-state index < -0.39 is 16.7 Å². The molecule has 0 saturated heterocycles. The minimum absolute atomic E-state index is 0.0764. The Kier molecular flexibility index (Phi) is 4.36. The molecule has 1 aliphatic rings. The number of hydrogen-bond acceptors (Lipinski definition) is 5. The van der Waals surface area contributed by atoms with Gasteiger partial charge in [-0.05, 0) is 30.3 Å². The van der Waals surface area contributed by atoms with Gasteiger partial charge in [0.1, 0.15) is 5.69 Å². The molecule has 0 aliphatic carbocycles. The molecule has 0 aromatic heterocycles. The number of hydrogen-bond donors (Lipinski definition) is 0. The molecule has 0 bridgehead atoms. The van der Waals surface area contributed by atoms with Crippen LogP contribution in [0, 0.1) is 15.3 Å². The third-order valence-electron chi connectivity index (χ3n) is 4.50. The van der Waals surface area contributed by atoms with Gasteiger partial charge in [0.15, 0.2) is 0 Å². The van der Waals surface area contributed by atoms with Crippen molar-refractivity contribution in [1.82, 2.24) is 4.90 Å². The summed E-state index contributed by atoms with van der Waals surface area (Å²) in [6.45, 7) is 0. The van der Waals surface area contributed by atoms with Crippen LogP contribution >= 0.6 is 0 Å². The van der Waals surface area contributed by atoms with E-state index in [2.05, 4.69) is 0 Å². The van der Waals surface area contributed by atoms with Gasteiger partial charge in [0.05, 0.1) is 21.6 Å². The Bertz CT molecular complexity index is 1150. The monoisotopic (exact) mass is 387 g/mol. The van der Waals surface area contributed by atoms with Crippen LogP contribution in [-0.4, -0.2) is 32.2 Å². The molecule has 0 radical (unpaired) electrons. The van der Waals surface area contributed by atoms with Crippen LogP contribution in [0.4, 0.5) is 11.4 Å². The summed E-state index contributed by atoms with van der Waals surface area (Å²) in [6, 6.07) is 19.5. The molecule has 0 unspecified atom stereocenters. The highest BCUT2D eigenvalue weighted by Crippen LogP contribution is 2.27. The van der Waals surface area contributed by atoms with Gasteiger partial charge in [0.2, 0.25) is 0 Å². The third kappa shape index (κ3) is 3.02. The summed E-state index contributed by atoms with van der Waals surface area (Å²) < 4.78 is 0.431. The largest absolute Gasteiger partial charge is 0.710 e. The molecular weight excluding hydrogens is 374 g/mol. The molecule has 0 N–H and O–H groups in total. The Balaban J connectivity index is 1.96. The molecule has 2 amide bonds. The summed E-state index contributed by atoms with van der Waals surface area (Å²) in [5, 5.41) is 24.4. The van der Waals surface area contributed by atoms with E-state index in [1.165, 1.54) is 42.5 Å². The highest BCUT2D eigenvalue weighted by molar-refractivity contribution is 6.31. The zero-order valence-corrected chi connectivity index (χ0v) is 14.9. The fourth-order valence-corrected chi connectivity index (χ4v) is 3.16. The molecule has 0 saturated carbocycles. The van der Waals surface area contributed by atoms with E-state index in [9.17, 15) is 24.9 Å². The summed E-state index contributed by atoms with van der Waals surface area (Å²) in [7, 11) is 0. The van der Waals surface area contributed by atoms with Crippen LogP contribution in [0.25, 0.3) is 0 Å². The second-order valence-corrected chi connectivity index (χ2v) is 6.25. The van der Waals surface area contributed by atoms with Crippen molar-refractivity contribution < 1.29 is 19.3 Å². The SMILES string of the molecule is O=C1c2ccccc2C(=O)N1/C(c1cccc([N+](=O)[O-])c1)=[N+](\[O-])c1ccccc1. The predicted octanol–water partition coefficient (Wildman–Crippen LogP) is 3.48. The van der Waals surface area contributed by atoms with Crippen molar-refractivity contribution in [1.29, 1.82) is 0 Å². The number of benzene rings is 3. The highest BCUT2D eigenvalue weighted by Gasteiger charge is 2.46. The molecule has 4 rings (SSSR count). The first kappa shape index (κ1) is 18.1. The first-order chi connectivity index (χ1) is 14.0. The van der Waals surface area contributed by atoms with E-state index >= 15 is 0 Å². The normalized spacial score (nSPS) is 13.9. The number of carbonyl (C=O) groups excluding carboxylic acids is 2. The molecule has 0 atom stereocenters. The lowest BCUT2D eigenvalue weighted by atomic mass is 10.1. The van der Waals surface area contributed by atoms with Gasteiger partial charge in [-0.2, -0.15) is 0 Å². The maximum absolute atomic E-state index is 13.2. The number of nitro benzene ring substituents is 1. The summed E-state index contributed by atoms with van der Waals surface area (Å²) in [6.07, 6.45) is 0. The highest BCUT2D eigenvalue weighted by atomic mass is 16.6. The molecule has 0 spiro atoms. The Morgan fingerprint density at radius 1 is 0.724 bits per heavy atom. The van der Waals surface area contributed by atoms with Crippen molar-refractivity contribution in [3.05, 3.63) is 111 Å². The topological polar surface area (TPSA) is 107 Å². The van der Waals surface area contributed by atoms with Crippen LogP contribution < -0.4 is 0 Å². The zero-order valence-electron chi connectivity index (χ0n) is 14.9. The molecule has 8 nitrogen and oxygen atoms in total. The van der Waals surface area contributed by atoms with Crippen molar-refractivity contribution >= 4 is 29.0 Å². The van der Waals surface area contributed by atoms with Crippen LogP contribution in [-0.2, 0) is 0 Å². The number of amides is 2. The first-order valence-electron chi connectivity index (χ1n) is 8.61. The fraction of sp³-hybridized carbons (Fsp3) is 0. The van der Waals surface area contributed by atoms with Crippen LogP contribution in [0.15, 0.2) is 78.9 Å². The molecule has 1 heterocycles. The summed E-state index contributed by atoms with van der Waals surface area (Å²) in [5.41, 5.74) is 0.319. The molecule has 3 aromatic carbocycles. The number of amidine groups is 1. The Morgan fingerprint density at radius 3 is 1.86 bits per heavy atom. The van der Waals surface area contributed by atoms with Gasteiger partial charge in [-0.1, -0.05) is 36.4 Å². The van der Waals surface area contributed by atoms with Crippen molar-refractivity contribution in [3.8, 4) is 0 Å². The molecule has 3 aromatic rings. The van der Waals surface area contributed by atoms with Crippen LogP contribution in [0.3, 0.4) is 0 Å². The van der Waals surface area contributed by atoms with Crippen molar-refractivity contribution in [2.45, 2.75) is 0 Å². The van der Waals surface area contributed by atoms with Crippen molar-refractivity contribution in [2.75, 3.05) is 0 Å². The summed E-state index contributed by atoms with van der Waals surface area (Å²) in [4.78, 5) is 37.3. The standard InChI is InChI=1S/C21H13N3O5/c25-20-17-11-4-5-12-18(17)21(26)22(20)19(23(27)15-8-2-1-3-9-15)14-7-6-10-16(13-14)24(28)29/h1-13H/b23-19-. The molecule has 1 aliphatic heterocycles. The second-order valence-electron chi connectivity index (χ2n) is 6.25. The minimum atomic E-state index is -0.663. The van der Waals surface area contributed by atoms with E-state index in [0.717, 1.165) is 11.0 Å². The number of para-hydroxylation sites is 1. The molecule has 142 valence electrons. The number of nitrogens with zero attached hydrogens (tertiary/aromatic N) is 3. The lowest BCUT2D eigenvalue weighted by molar-refractivity contribution is -0.385. The maximum atomic E-state index is 13.2. The van der Waals surface area contributed by atoms with Gasteiger partial charge in [-0.3, -0.25) is 10.1 Å². The molecule has 8 heteroatoms. The fourth-order valence-electron chi connectivity index (χ4n) is 3.16. The first-order valence-corrected chi connectivity index (χ1v) is 8.61. The lowest BCUT2D eigenvalue weighted by Gasteiger charge is -2.18. The maximum Gasteiger partial charge on any atom is 0.349 e. The number of fused-ring (bicyclic) bond motifs is 1. The number of imide groups is 1. The van der Waals surface area contributed by atoms with Gasteiger partial charge in [-0.15, -0.1) is 4.90 Å². The Morgan fingerprint density at radius 2 is 1.28 bits per heavy atom. The van der Waals surface area contributed by atoms with E-state index in [4.69, 9.17) is 0 Å². The smallest absolute Gasteiger partial charge is 0.349 e. The van der Waals surface area contributed by atoms with E-state index in [1.54, 1.807) is 30.3 Å². The van der Waals surface area contributed by atoms with Gasteiger partial charge < -0.3 is 5.21 Å². The average molecular weight is 387 g/mol. The second kappa shape index (κ2) is 7.01. The summed E-state index contributed by atoms with van der Waals surface area (Å²) in [5.74, 6) is -1.63. The van der Waals surface area contributed by atoms with E-state index in [0.29, 0.717) is 4.74 Å². The number of nitro groups is 1. The number of non-ortho nitro benzene ring substituents is 1.